The highest BCUT2D eigenvalue weighted by molar-refractivity contribution is 5.82. The maximum Gasteiger partial charge on any atom is 0.401 e. The number of ether oxygens (including phenoxy) is 1. The van der Waals surface area contributed by atoms with Crippen molar-refractivity contribution in [2.45, 2.75) is 12.8 Å². The predicted octanol–water partition coefficient (Wildman–Crippen LogP) is 4.66. The highest BCUT2D eigenvalue weighted by Crippen LogP contribution is 2.39. The van der Waals surface area contributed by atoms with Crippen LogP contribution in [0.5, 0.6) is 0 Å². The first kappa shape index (κ1) is 16.8. The number of aromatic nitrogens is 1. The van der Waals surface area contributed by atoms with Crippen molar-refractivity contribution in [2.24, 2.45) is 0 Å². The van der Waals surface area contributed by atoms with Gasteiger partial charge >= 0.3 is 11.9 Å². The van der Waals surface area contributed by atoms with Crippen LogP contribution in [0.3, 0.4) is 0 Å². The molecule has 0 bridgehead atoms. The van der Waals surface area contributed by atoms with E-state index in [1.807, 2.05) is 0 Å². The maximum atomic E-state index is 14.6. The maximum absolute atomic E-state index is 14.6. The van der Waals surface area contributed by atoms with Crippen molar-refractivity contribution < 1.29 is 22.7 Å². The molecule has 1 heterocycles. The number of carbonyl (C=O) groups is 1. The second-order valence-electron chi connectivity index (χ2n) is 5.22. The Morgan fingerprint density at radius 3 is 2.16 bits per heavy atom. The minimum Gasteiger partial charge on any atom is -0.461 e. The molecule has 0 spiro atoms. The fourth-order valence-electron chi connectivity index (χ4n) is 2.34. The molecule has 0 aliphatic heterocycles. The first-order valence-electron chi connectivity index (χ1n) is 7.71. The van der Waals surface area contributed by atoms with Crippen molar-refractivity contribution in [3.8, 4) is 22.7 Å². The third-order valence-electron chi connectivity index (χ3n) is 3.51. The van der Waals surface area contributed by atoms with E-state index in [4.69, 9.17) is 4.42 Å². The lowest BCUT2D eigenvalue weighted by Gasteiger charge is -2.13. The zero-order chi connectivity index (χ0) is 17.9. The largest absolute Gasteiger partial charge is 0.461 e. The van der Waals surface area contributed by atoms with Gasteiger partial charge in [-0.1, -0.05) is 48.5 Å². The van der Waals surface area contributed by atoms with E-state index in [0.717, 1.165) is 0 Å². The summed E-state index contributed by atoms with van der Waals surface area (Å²) in [6.45, 7) is 1.30. The summed E-state index contributed by atoms with van der Waals surface area (Å²) in [5.41, 5.74) is 0.871. The Kier molecular flexibility index (Phi) is 4.61. The van der Waals surface area contributed by atoms with E-state index in [2.05, 4.69) is 9.72 Å². The van der Waals surface area contributed by atoms with Crippen molar-refractivity contribution in [2.75, 3.05) is 6.61 Å². The van der Waals surface area contributed by atoms with Crippen molar-refractivity contribution >= 4 is 5.97 Å². The normalized spacial score (nSPS) is 11.3. The summed E-state index contributed by atoms with van der Waals surface area (Å²) in [6.07, 6.45) is 0. The molecule has 0 saturated carbocycles. The Morgan fingerprint density at radius 2 is 1.60 bits per heavy atom. The summed E-state index contributed by atoms with van der Waals surface area (Å²) >= 11 is 0. The number of halogens is 2. The number of oxazole rings is 1. The Bertz CT molecular complexity index is 861. The van der Waals surface area contributed by atoms with Gasteiger partial charge in [0.2, 0.25) is 11.7 Å². The molecule has 3 aromatic rings. The van der Waals surface area contributed by atoms with Gasteiger partial charge in [-0.2, -0.15) is 8.78 Å². The Labute approximate surface area is 143 Å². The molecule has 0 amide bonds. The van der Waals surface area contributed by atoms with E-state index in [9.17, 15) is 13.6 Å². The summed E-state index contributed by atoms with van der Waals surface area (Å²) < 4.78 is 39.0. The van der Waals surface area contributed by atoms with Gasteiger partial charge in [0, 0.05) is 11.1 Å². The standard InChI is InChI=1S/C19H15F2NO3/c1-2-24-18(23)19(20,21)16-15(13-9-5-3-6-10-13)22-17(25-16)14-11-7-4-8-12-14/h3-12H,2H2,1H3. The molecule has 0 saturated heterocycles. The predicted molar refractivity (Wildman–Crippen MR) is 87.9 cm³/mol. The van der Waals surface area contributed by atoms with Gasteiger partial charge in [-0.05, 0) is 19.1 Å². The summed E-state index contributed by atoms with van der Waals surface area (Å²) in [6, 6.07) is 17.0. The molecule has 6 heteroatoms. The fourth-order valence-corrected chi connectivity index (χ4v) is 2.34. The van der Waals surface area contributed by atoms with Gasteiger partial charge < -0.3 is 9.15 Å². The quantitative estimate of drug-likeness (QED) is 0.632. The summed E-state index contributed by atoms with van der Waals surface area (Å²) in [4.78, 5) is 15.9. The molecule has 25 heavy (non-hydrogen) atoms. The van der Waals surface area contributed by atoms with Crippen LogP contribution < -0.4 is 0 Å². The van der Waals surface area contributed by atoms with Gasteiger partial charge in [-0.25, -0.2) is 9.78 Å². The number of hydrogen-bond acceptors (Lipinski definition) is 4. The van der Waals surface area contributed by atoms with Gasteiger partial charge in [0.15, 0.2) is 0 Å². The van der Waals surface area contributed by atoms with E-state index in [0.29, 0.717) is 11.1 Å². The third kappa shape index (κ3) is 3.28. The lowest BCUT2D eigenvalue weighted by Crippen LogP contribution is -2.28. The molecule has 1 aromatic heterocycles. The third-order valence-corrected chi connectivity index (χ3v) is 3.51. The molecule has 0 fully saturated rings. The molecular formula is C19H15F2NO3. The van der Waals surface area contributed by atoms with Gasteiger partial charge in [-0.3, -0.25) is 0 Å². The Hall–Kier alpha value is -3.02. The van der Waals surface area contributed by atoms with E-state index in [-0.39, 0.29) is 18.2 Å². The number of nitrogens with zero attached hydrogens (tertiary/aromatic N) is 1. The zero-order valence-electron chi connectivity index (χ0n) is 13.4. The summed E-state index contributed by atoms with van der Waals surface area (Å²) in [5.74, 6) is -6.42. The number of carbonyl (C=O) groups excluding carboxylic acids is 1. The monoisotopic (exact) mass is 343 g/mol. The van der Waals surface area contributed by atoms with Crippen molar-refractivity contribution in [1.82, 2.24) is 4.98 Å². The SMILES string of the molecule is CCOC(=O)C(F)(F)c1oc(-c2ccccc2)nc1-c1ccccc1. The molecule has 128 valence electrons. The van der Waals surface area contributed by atoms with E-state index in [1.54, 1.807) is 60.7 Å². The van der Waals surface area contributed by atoms with Gasteiger partial charge in [0.25, 0.3) is 0 Å². The van der Waals surface area contributed by atoms with Crippen molar-refractivity contribution in [3.05, 3.63) is 66.4 Å². The van der Waals surface area contributed by atoms with Crippen molar-refractivity contribution in [1.29, 1.82) is 0 Å². The van der Waals surface area contributed by atoms with E-state index in [1.165, 1.54) is 6.92 Å². The van der Waals surface area contributed by atoms with Crippen molar-refractivity contribution in [3.63, 3.8) is 0 Å². The molecule has 0 aliphatic carbocycles. The van der Waals surface area contributed by atoms with Crippen LogP contribution in [0.1, 0.15) is 12.7 Å². The van der Waals surface area contributed by atoms with E-state index < -0.39 is 17.7 Å². The Balaban J connectivity index is 2.16. The van der Waals surface area contributed by atoms with Gasteiger partial charge in [-0.15, -0.1) is 0 Å². The van der Waals surface area contributed by atoms with E-state index >= 15 is 0 Å². The number of rotatable bonds is 5. The van der Waals surface area contributed by atoms with Crippen LogP contribution in [0.15, 0.2) is 65.1 Å². The van der Waals surface area contributed by atoms with Crippen LogP contribution in [-0.4, -0.2) is 17.6 Å². The molecule has 4 nitrogen and oxygen atoms in total. The smallest absolute Gasteiger partial charge is 0.401 e. The Morgan fingerprint density at radius 1 is 1.04 bits per heavy atom. The molecule has 0 radical (unpaired) electrons. The summed E-state index contributed by atoms with van der Waals surface area (Å²) in [5, 5.41) is 0. The second kappa shape index (κ2) is 6.84. The molecule has 0 N–H and O–H groups in total. The number of hydrogen-bond donors (Lipinski definition) is 0. The van der Waals surface area contributed by atoms with Crippen LogP contribution in [0, 0.1) is 0 Å². The first-order valence-corrected chi connectivity index (χ1v) is 7.71. The average molecular weight is 343 g/mol. The van der Waals surface area contributed by atoms with Crippen LogP contribution in [0.25, 0.3) is 22.7 Å². The number of benzene rings is 2. The zero-order valence-corrected chi connectivity index (χ0v) is 13.4. The lowest BCUT2D eigenvalue weighted by atomic mass is 10.1. The van der Waals surface area contributed by atoms with Gasteiger partial charge in [0.05, 0.1) is 6.61 Å². The number of alkyl halides is 2. The lowest BCUT2D eigenvalue weighted by molar-refractivity contribution is -0.175. The molecule has 2 aromatic carbocycles. The molecule has 0 atom stereocenters. The highest BCUT2D eigenvalue weighted by atomic mass is 19.3. The average Bonchev–Trinajstić information content (AvgIpc) is 3.10. The first-order chi connectivity index (χ1) is 12.0. The minimum absolute atomic E-state index is 0.0124. The van der Waals surface area contributed by atoms with Crippen LogP contribution >= 0.6 is 0 Å². The molecule has 0 unspecified atom stereocenters. The van der Waals surface area contributed by atoms with Crippen LogP contribution in [0.2, 0.25) is 0 Å². The highest BCUT2D eigenvalue weighted by Gasteiger charge is 2.49. The fraction of sp³-hybridized carbons (Fsp3) is 0.158. The molecule has 0 aliphatic rings. The van der Waals surface area contributed by atoms with Gasteiger partial charge in [0.1, 0.15) is 5.69 Å². The second-order valence-corrected chi connectivity index (χ2v) is 5.22. The minimum atomic E-state index is -3.94. The molecule has 3 rings (SSSR count). The topological polar surface area (TPSA) is 52.3 Å². The number of esters is 1. The summed E-state index contributed by atoms with van der Waals surface area (Å²) in [7, 11) is 0. The molecular weight excluding hydrogens is 328 g/mol. The van der Waals surface area contributed by atoms with Crippen LogP contribution in [0.4, 0.5) is 8.78 Å². The van der Waals surface area contributed by atoms with Crippen LogP contribution in [-0.2, 0) is 15.5 Å².